The number of hydrogen-bond donors (Lipinski definition) is 12. The Morgan fingerprint density at radius 1 is 0.292 bits per heavy atom. The molecule has 0 aliphatic carbocycles. The van der Waals surface area contributed by atoms with Crippen molar-refractivity contribution in [2.24, 2.45) is 34.4 Å². The molecule has 0 saturated carbocycles. The van der Waals surface area contributed by atoms with E-state index in [4.69, 9.17) is 127 Å². The monoisotopic (exact) mass is 1700 g/mol. The van der Waals surface area contributed by atoms with Gasteiger partial charge in [0.15, 0.2) is 37.7 Å². The summed E-state index contributed by atoms with van der Waals surface area (Å²) in [6.45, 7) is 8.34. The number of benzene rings is 6. The fourth-order valence-electron chi connectivity index (χ4n) is 12.0. The van der Waals surface area contributed by atoms with Gasteiger partial charge in [-0.2, -0.15) is 0 Å². The minimum Gasteiger partial charge on any atom is -0.488 e. The second-order valence-electron chi connectivity index (χ2n) is 28.0. The molecule has 32 heteroatoms. The molecule has 668 valence electrons. The number of rotatable bonds is 38. The summed E-state index contributed by atoms with van der Waals surface area (Å²) in [6, 6.07) is 41.3. The van der Waals surface area contributed by atoms with Crippen LogP contribution in [-0.4, -0.2) is 232 Å². The molecule has 18 N–H and O–H groups in total. The molecular formula is C88H130N6O25S. The summed E-state index contributed by atoms with van der Waals surface area (Å²) in [5.41, 5.74) is 43.3. The lowest BCUT2D eigenvalue weighted by Gasteiger charge is -2.12. The van der Waals surface area contributed by atoms with Gasteiger partial charge >= 0.3 is 35.8 Å². The lowest BCUT2D eigenvalue weighted by Crippen LogP contribution is -2.32. The molecule has 120 heavy (non-hydrogen) atoms. The third kappa shape index (κ3) is 42.9. The maximum absolute atomic E-state index is 10.7. The minimum absolute atomic E-state index is 0. The van der Waals surface area contributed by atoms with E-state index in [1.165, 1.54) is 16.7 Å². The summed E-state index contributed by atoms with van der Waals surface area (Å²) in [4.78, 5) is 65.1. The summed E-state index contributed by atoms with van der Waals surface area (Å²) in [6.07, 6.45) is 10.8. The Balaban J connectivity index is 0.000000370. The number of unbranched alkanes of at least 4 members (excludes halogenated alkanes) is 1. The third-order valence-electron chi connectivity index (χ3n) is 18.6. The highest BCUT2D eigenvalue weighted by molar-refractivity contribution is 7.99. The minimum atomic E-state index is -1.00. The predicted octanol–water partition coefficient (Wildman–Crippen LogP) is 8.61. The van der Waals surface area contributed by atoms with Gasteiger partial charge in [-0.25, -0.2) is 0 Å². The Bertz CT molecular complexity index is 3590. The van der Waals surface area contributed by atoms with E-state index in [0.29, 0.717) is 137 Å². The van der Waals surface area contributed by atoms with Gasteiger partial charge in [-0.05, 0) is 170 Å². The highest BCUT2D eigenvalue weighted by Crippen LogP contribution is 2.24. The third-order valence-corrected chi connectivity index (χ3v) is 19.7. The molecule has 6 atom stereocenters. The highest BCUT2D eigenvalue weighted by atomic mass is 32.2. The van der Waals surface area contributed by atoms with E-state index in [-0.39, 0.29) is 67.4 Å². The number of aliphatic carboxylic acids is 6. The molecule has 0 amide bonds. The van der Waals surface area contributed by atoms with Gasteiger partial charge in [-0.3, -0.25) is 28.8 Å². The fraction of sp³-hybridized carbons (Fsp3) is 0.523. The fourth-order valence-corrected chi connectivity index (χ4v) is 12.9. The Hall–Kier alpha value is -8.43. The van der Waals surface area contributed by atoms with Crippen molar-refractivity contribution in [2.75, 3.05) is 91.6 Å². The van der Waals surface area contributed by atoms with E-state index in [1.54, 1.807) is 36.0 Å². The van der Waals surface area contributed by atoms with Gasteiger partial charge in [0, 0.05) is 23.5 Å². The number of carbonyl (C=O) groups is 6. The average molecular weight is 1700 g/mol. The SMILES string of the molecule is C.C.C.C.NC(Cc1ccc(CC2OCCO2)cc1)C(=O)O.NC(Cc1ccc(CCC2OCCO2)cc1)C(=O)O.NC(Cc1ccc(CCCC2OCCO2)cc1)C(=O)O.NC(Cc1ccc(CCCCC2OCCO2)cc1)C(=O)O.NC(Cc1ccc(OCC2OCCO2)cc1)C(=O)O.NC(Cc1ccc(SCC2OCCO2)cc1)C(=O)O. The van der Waals surface area contributed by atoms with Gasteiger partial charge in [0.2, 0.25) is 0 Å². The van der Waals surface area contributed by atoms with Crippen molar-refractivity contribution < 1.29 is 121 Å². The van der Waals surface area contributed by atoms with Crippen LogP contribution in [-0.2, 0) is 150 Å². The molecule has 6 saturated heterocycles. The van der Waals surface area contributed by atoms with Crippen LogP contribution in [0, 0.1) is 0 Å². The maximum Gasteiger partial charge on any atom is 0.320 e. The highest BCUT2D eigenvalue weighted by Gasteiger charge is 2.24. The van der Waals surface area contributed by atoms with Crippen molar-refractivity contribution in [1.29, 1.82) is 0 Å². The van der Waals surface area contributed by atoms with Gasteiger partial charge in [0.1, 0.15) is 48.6 Å². The van der Waals surface area contributed by atoms with E-state index in [0.717, 1.165) is 107 Å². The average Bonchev–Trinajstić information content (AvgIpc) is 1.57. The summed E-state index contributed by atoms with van der Waals surface area (Å²) < 4.78 is 69.7. The van der Waals surface area contributed by atoms with E-state index in [1.807, 2.05) is 121 Å². The van der Waals surface area contributed by atoms with Crippen LogP contribution in [0.4, 0.5) is 0 Å². The molecule has 0 spiro atoms. The van der Waals surface area contributed by atoms with Crippen LogP contribution < -0.4 is 39.1 Å². The summed E-state index contributed by atoms with van der Waals surface area (Å²) >= 11 is 1.65. The van der Waals surface area contributed by atoms with Gasteiger partial charge in [-0.15, -0.1) is 11.8 Å². The van der Waals surface area contributed by atoms with Gasteiger partial charge in [-0.1, -0.05) is 151 Å². The van der Waals surface area contributed by atoms with Crippen LogP contribution in [0.25, 0.3) is 0 Å². The molecule has 0 aromatic heterocycles. The summed E-state index contributed by atoms with van der Waals surface area (Å²) in [5.74, 6) is -4.42. The molecule has 6 fully saturated rings. The largest absolute Gasteiger partial charge is 0.488 e. The van der Waals surface area contributed by atoms with Crippen molar-refractivity contribution in [3.8, 4) is 5.75 Å². The van der Waals surface area contributed by atoms with Gasteiger partial charge < -0.3 is 127 Å². The smallest absolute Gasteiger partial charge is 0.320 e. The van der Waals surface area contributed by atoms with Crippen LogP contribution in [0.2, 0.25) is 0 Å². The van der Waals surface area contributed by atoms with E-state index in [2.05, 4.69) is 0 Å². The molecule has 12 rings (SSSR count). The molecule has 6 aromatic carbocycles. The zero-order valence-corrected chi connectivity index (χ0v) is 66.1. The molecule has 0 bridgehead atoms. The number of ether oxygens (including phenoxy) is 13. The normalized spacial score (nSPS) is 16.8. The first-order valence-corrected chi connectivity index (χ1v) is 39.9. The van der Waals surface area contributed by atoms with Crippen LogP contribution in [0.15, 0.2) is 150 Å². The Morgan fingerprint density at radius 2 is 0.533 bits per heavy atom. The zero-order valence-electron chi connectivity index (χ0n) is 65.3. The van der Waals surface area contributed by atoms with Gasteiger partial charge in [0.25, 0.3) is 0 Å². The van der Waals surface area contributed by atoms with Crippen molar-refractivity contribution in [3.63, 3.8) is 0 Å². The first-order valence-electron chi connectivity index (χ1n) is 38.9. The van der Waals surface area contributed by atoms with Crippen LogP contribution in [0.3, 0.4) is 0 Å². The first-order chi connectivity index (χ1) is 55.9. The molecule has 6 aliphatic heterocycles. The predicted molar refractivity (Wildman–Crippen MR) is 454 cm³/mol. The molecule has 6 aromatic rings. The number of hydrogen-bond acceptors (Lipinski definition) is 26. The van der Waals surface area contributed by atoms with Crippen LogP contribution >= 0.6 is 11.8 Å². The zero-order chi connectivity index (χ0) is 83.4. The van der Waals surface area contributed by atoms with E-state index in [9.17, 15) is 28.8 Å². The Labute approximate surface area is 709 Å². The van der Waals surface area contributed by atoms with Gasteiger partial charge in [0.05, 0.1) is 79.3 Å². The van der Waals surface area contributed by atoms with E-state index < -0.39 is 72.1 Å². The first kappa shape index (κ1) is 106. The van der Waals surface area contributed by atoms with Crippen LogP contribution in [0.5, 0.6) is 5.75 Å². The van der Waals surface area contributed by atoms with Crippen LogP contribution in [0.1, 0.15) is 124 Å². The maximum atomic E-state index is 10.7. The molecule has 0 radical (unpaired) electrons. The quantitative estimate of drug-likeness (QED) is 0.0127. The molecule has 6 unspecified atom stereocenters. The lowest BCUT2D eigenvalue weighted by molar-refractivity contribution is -0.139. The Morgan fingerprint density at radius 3 is 0.858 bits per heavy atom. The van der Waals surface area contributed by atoms with Crippen molar-refractivity contribution >= 4 is 47.6 Å². The van der Waals surface area contributed by atoms with Crippen molar-refractivity contribution in [2.45, 2.75) is 211 Å². The van der Waals surface area contributed by atoms with Crippen molar-refractivity contribution in [1.82, 2.24) is 0 Å². The second kappa shape index (κ2) is 59.3. The molecule has 6 aliphatic rings. The number of aryl methyl sites for hydroxylation is 3. The second-order valence-corrected chi connectivity index (χ2v) is 29.1. The molecular weight excluding hydrogens is 1570 g/mol. The molecule has 31 nitrogen and oxygen atoms in total. The summed E-state index contributed by atoms with van der Waals surface area (Å²) in [7, 11) is 0. The summed E-state index contributed by atoms with van der Waals surface area (Å²) in [5, 5.41) is 52.5. The number of thioether (sulfide) groups is 1. The van der Waals surface area contributed by atoms with E-state index >= 15 is 0 Å². The van der Waals surface area contributed by atoms with Crippen molar-refractivity contribution in [3.05, 3.63) is 201 Å². The Kier molecular flexibility index (Phi) is 52.3. The number of nitrogens with two attached hydrogens (primary N) is 6. The lowest BCUT2D eigenvalue weighted by atomic mass is 10.0. The number of carboxylic acid groups (broad SMARTS) is 6. The topological polar surface area (TPSA) is 500 Å². The standard InChI is InChI=1S/C16H23NO4.C15H21NO4.C14H19NO4.C13H17NO5.C13H17NO4S.C13H17NO4.4CH4/c17-14(16(18)19)11-13-7-5-12(6-8-13)3-1-2-4-15-20-9-10-21-15;16-13(15(17)18)10-12-6-4-11(5-7-12)2-1-3-14-19-8-9-20-14;15-12(14(16)17)9-11-3-1-10(2-4-11)5-6-13-18-7-8-19-13;2*14-11(13(15)16)7-9-1-3-10(4-2-9)19-8-12-17-5-6-18-12;14-11(13(15)16)7-9-1-3-10(4-2-9)8-12-17-5-6-18-12;;;;/h5-8,14-15H,1-4,9-11,17H2,(H,18,19);4-7,13-14H,1-3,8-10,16H2,(H,17,18);1-4,12-13H,5-9,15H2,(H,16,17);2*1-4,11-12H,5-8,14H2,(H,15,16);1-4,11-12H,5-8,14H2,(H,15,16);4*1H4. The number of carboxylic acids is 6. The molecule has 6 heterocycles.